The Morgan fingerprint density at radius 1 is 0.848 bits per heavy atom. The minimum absolute atomic E-state index is 0.0698. The van der Waals surface area contributed by atoms with E-state index < -0.39 is 16.1 Å². The van der Waals surface area contributed by atoms with Crippen molar-refractivity contribution >= 4 is 21.8 Å². The van der Waals surface area contributed by atoms with Crippen LogP contribution in [-0.2, 0) is 26.0 Å². The van der Waals surface area contributed by atoms with E-state index in [1.165, 1.54) is 16.4 Å². The van der Waals surface area contributed by atoms with E-state index >= 15 is 0 Å². The van der Waals surface area contributed by atoms with Gasteiger partial charge in [0, 0.05) is 32.7 Å². The standard InChI is InChI=1S/C24H28FN3O4S/c25-20-11-9-19(10-12-20)18-23(29)26-14-16-27(17-15-26)24(30)22-8-4-5-13-28(22)33(31,32)21-6-2-1-3-7-21/h1-3,6-7,9-12,22H,4-5,8,13-18H2. The van der Waals surface area contributed by atoms with Crippen molar-refractivity contribution in [2.24, 2.45) is 0 Å². The SMILES string of the molecule is O=C(Cc1ccc(F)cc1)N1CCN(C(=O)C2CCCCN2S(=O)(=O)c2ccccc2)CC1. The van der Waals surface area contributed by atoms with Crippen LogP contribution in [0.5, 0.6) is 0 Å². The summed E-state index contributed by atoms with van der Waals surface area (Å²) >= 11 is 0. The summed E-state index contributed by atoms with van der Waals surface area (Å²) in [6.07, 6.45) is 2.20. The highest BCUT2D eigenvalue weighted by Gasteiger charge is 2.40. The number of halogens is 1. The lowest BCUT2D eigenvalue weighted by Crippen LogP contribution is -2.57. The highest BCUT2D eigenvalue weighted by molar-refractivity contribution is 7.89. The van der Waals surface area contributed by atoms with Gasteiger partial charge >= 0.3 is 0 Å². The lowest BCUT2D eigenvalue weighted by Gasteiger charge is -2.40. The van der Waals surface area contributed by atoms with Gasteiger partial charge in [-0.3, -0.25) is 9.59 Å². The predicted molar refractivity (Wildman–Crippen MR) is 121 cm³/mol. The number of carbonyl (C=O) groups is 2. The first-order valence-electron chi connectivity index (χ1n) is 11.2. The fourth-order valence-electron chi connectivity index (χ4n) is 4.44. The first kappa shape index (κ1) is 23.4. The summed E-state index contributed by atoms with van der Waals surface area (Å²) in [5, 5.41) is 0. The number of piperidine rings is 1. The number of benzene rings is 2. The largest absolute Gasteiger partial charge is 0.339 e. The minimum atomic E-state index is -3.76. The van der Waals surface area contributed by atoms with Gasteiger partial charge in [0.1, 0.15) is 11.9 Å². The van der Waals surface area contributed by atoms with Crippen LogP contribution >= 0.6 is 0 Å². The highest BCUT2D eigenvalue weighted by atomic mass is 32.2. The molecule has 4 rings (SSSR count). The lowest BCUT2D eigenvalue weighted by atomic mass is 10.0. The van der Waals surface area contributed by atoms with Crippen LogP contribution in [0.25, 0.3) is 0 Å². The van der Waals surface area contributed by atoms with E-state index in [0.717, 1.165) is 18.4 Å². The quantitative estimate of drug-likeness (QED) is 0.668. The summed E-state index contributed by atoms with van der Waals surface area (Å²) in [7, 11) is -3.76. The minimum Gasteiger partial charge on any atom is -0.339 e. The number of piperazine rings is 1. The summed E-state index contributed by atoms with van der Waals surface area (Å²) in [6.45, 7) is 1.84. The zero-order chi connectivity index (χ0) is 23.4. The first-order valence-corrected chi connectivity index (χ1v) is 12.7. The van der Waals surface area contributed by atoms with Crippen LogP contribution in [0.2, 0.25) is 0 Å². The van der Waals surface area contributed by atoms with Gasteiger partial charge < -0.3 is 9.80 Å². The average Bonchev–Trinajstić information content (AvgIpc) is 2.85. The maximum atomic E-state index is 13.3. The lowest BCUT2D eigenvalue weighted by molar-refractivity contribution is -0.142. The summed E-state index contributed by atoms with van der Waals surface area (Å²) in [4.78, 5) is 29.5. The van der Waals surface area contributed by atoms with E-state index in [1.807, 2.05) is 0 Å². The molecule has 1 unspecified atom stereocenters. The van der Waals surface area contributed by atoms with Crippen molar-refractivity contribution in [3.05, 3.63) is 66.0 Å². The van der Waals surface area contributed by atoms with Crippen molar-refractivity contribution in [1.82, 2.24) is 14.1 Å². The summed E-state index contributed by atoms with van der Waals surface area (Å²) in [5.74, 6) is -0.608. The molecule has 0 saturated carbocycles. The normalized spacial score (nSPS) is 20.0. The summed E-state index contributed by atoms with van der Waals surface area (Å²) in [6, 6.07) is 13.4. The molecule has 0 spiro atoms. The molecule has 9 heteroatoms. The van der Waals surface area contributed by atoms with Crippen LogP contribution in [0.1, 0.15) is 24.8 Å². The Balaban J connectivity index is 1.39. The summed E-state index contributed by atoms with van der Waals surface area (Å²) in [5.41, 5.74) is 0.740. The van der Waals surface area contributed by atoms with Crippen molar-refractivity contribution in [1.29, 1.82) is 0 Å². The Kier molecular flexibility index (Phi) is 7.09. The van der Waals surface area contributed by atoms with E-state index in [4.69, 9.17) is 0 Å². The summed E-state index contributed by atoms with van der Waals surface area (Å²) < 4.78 is 40.8. The Labute approximate surface area is 193 Å². The number of carbonyl (C=O) groups excluding carboxylic acids is 2. The fraction of sp³-hybridized carbons (Fsp3) is 0.417. The molecule has 2 aliphatic rings. The number of nitrogens with zero attached hydrogens (tertiary/aromatic N) is 3. The van der Waals surface area contributed by atoms with Crippen LogP contribution in [-0.4, -0.2) is 73.1 Å². The highest BCUT2D eigenvalue weighted by Crippen LogP contribution is 2.27. The third-order valence-corrected chi connectivity index (χ3v) is 8.22. The van der Waals surface area contributed by atoms with Gasteiger partial charge in [-0.2, -0.15) is 4.31 Å². The monoisotopic (exact) mass is 473 g/mol. The number of sulfonamides is 1. The number of hydrogen-bond acceptors (Lipinski definition) is 4. The van der Waals surface area contributed by atoms with Gasteiger partial charge in [0.15, 0.2) is 0 Å². The molecule has 2 saturated heterocycles. The second-order valence-corrected chi connectivity index (χ2v) is 10.3. The van der Waals surface area contributed by atoms with Crippen molar-refractivity contribution in [2.75, 3.05) is 32.7 Å². The van der Waals surface area contributed by atoms with Crippen LogP contribution in [0.15, 0.2) is 59.5 Å². The number of amides is 2. The number of hydrogen-bond donors (Lipinski definition) is 0. The van der Waals surface area contributed by atoms with Crippen LogP contribution in [0.4, 0.5) is 4.39 Å². The van der Waals surface area contributed by atoms with Gasteiger partial charge in [0.25, 0.3) is 0 Å². The molecule has 2 amide bonds. The molecular formula is C24H28FN3O4S. The van der Waals surface area contributed by atoms with Crippen LogP contribution in [0, 0.1) is 5.82 Å². The smallest absolute Gasteiger partial charge is 0.243 e. The first-order chi connectivity index (χ1) is 15.9. The molecule has 0 radical (unpaired) electrons. The third-order valence-electron chi connectivity index (χ3n) is 6.30. The van der Waals surface area contributed by atoms with Crippen LogP contribution in [0.3, 0.4) is 0 Å². The fourth-order valence-corrected chi connectivity index (χ4v) is 6.11. The Morgan fingerprint density at radius 2 is 1.48 bits per heavy atom. The Morgan fingerprint density at radius 3 is 2.15 bits per heavy atom. The van der Waals surface area contributed by atoms with Gasteiger partial charge in [-0.1, -0.05) is 36.8 Å². The van der Waals surface area contributed by atoms with Gasteiger partial charge in [0.05, 0.1) is 11.3 Å². The van der Waals surface area contributed by atoms with E-state index in [0.29, 0.717) is 39.1 Å². The molecule has 2 fully saturated rings. The zero-order valence-corrected chi connectivity index (χ0v) is 19.2. The maximum Gasteiger partial charge on any atom is 0.243 e. The molecule has 0 aromatic heterocycles. The van der Waals surface area contributed by atoms with E-state index in [9.17, 15) is 22.4 Å². The molecule has 7 nitrogen and oxygen atoms in total. The maximum absolute atomic E-state index is 13.3. The topological polar surface area (TPSA) is 78.0 Å². The second kappa shape index (κ2) is 10.0. The van der Waals surface area contributed by atoms with Gasteiger partial charge in [-0.25, -0.2) is 12.8 Å². The van der Waals surface area contributed by atoms with E-state index in [2.05, 4.69) is 0 Å². The molecule has 2 aromatic carbocycles. The molecule has 2 aromatic rings. The van der Waals surface area contributed by atoms with Gasteiger partial charge in [-0.05, 0) is 42.7 Å². The molecule has 33 heavy (non-hydrogen) atoms. The molecule has 0 N–H and O–H groups in total. The second-order valence-electron chi connectivity index (χ2n) is 8.45. The van der Waals surface area contributed by atoms with Gasteiger partial charge in [-0.15, -0.1) is 0 Å². The number of rotatable bonds is 5. The predicted octanol–water partition coefficient (Wildman–Crippen LogP) is 2.28. The molecule has 176 valence electrons. The zero-order valence-electron chi connectivity index (χ0n) is 18.4. The third kappa shape index (κ3) is 5.25. The Bertz CT molecular complexity index is 1080. The van der Waals surface area contributed by atoms with E-state index in [-0.39, 0.29) is 28.9 Å². The van der Waals surface area contributed by atoms with E-state index in [1.54, 1.807) is 52.3 Å². The van der Waals surface area contributed by atoms with Crippen LogP contribution < -0.4 is 0 Å². The van der Waals surface area contributed by atoms with Crippen molar-refractivity contribution in [3.8, 4) is 0 Å². The van der Waals surface area contributed by atoms with Crippen molar-refractivity contribution in [2.45, 2.75) is 36.6 Å². The molecule has 0 aliphatic carbocycles. The van der Waals surface area contributed by atoms with Crippen molar-refractivity contribution < 1.29 is 22.4 Å². The molecule has 2 aliphatic heterocycles. The molecular weight excluding hydrogens is 445 g/mol. The van der Waals surface area contributed by atoms with Gasteiger partial charge in [0.2, 0.25) is 21.8 Å². The molecule has 2 heterocycles. The molecule has 0 bridgehead atoms. The molecule has 1 atom stereocenters. The van der Waals surface area contributed by atoms with Crippen molar-refractivity contribution in [3.63, 3.8) is 0 Å². The Hall–Kier alpha value is -2.78. The average molecular weight is 474 g/mol.